The van der Waals surface area contributed by atoms with E-state index in [4.69, 9.17) is 0 Å². The third-order valence-electron chi connectivity index (χ3n) is 3.86. The van der Waals surface area contributed by atoms with Crippen LogP contribution in [0.5, 0.6) is 0 Å². The van der Waals surface area contributed by atoms with E-state index in [0.717, 1.165) is 5.69 Å². The second kappa shape index (κ2) is 9.37. The Bertz CT molecular complexity index is 754. The van der Waals surface area contributed by atoms with Gasteiger partial charge in [-0.1, -0.05) is 48.6 Å². The molecule has 1 N–H and O–H groups in total. The molecule has 2 aromatic rings. The second-order valence-electron chi connectivity index (χ2n) is 5.63. The predicted octanol–water partition coefficient (Wildman–Crippen LogP) is 3.88. The summed E-state index contributed by atoms with van der Waals surface area (Å²) in [7, 11) is 0. The minimum Gasteiger partial charge on any atom is -0.346 e. The van der Waals surface area contributed by atoms with Crippen LogP contribution in [0, 0.1) is 6.92 Å². The van der Waals surface area contributed by atoms with Crippen molar-refractivity contribution in [3.63, 3.8) is 0 Å². The van der Waals surface area contributed by atoms with Gasteiger partial charge in [0.2, 0.25) is 6.41 Å². The fourth-order valence-corrected chi connectivity index (χ4v) is 2.61. The number of nitrogens with one attached hydrogen (secondary N) is 1. The van der Waals surface area contributed by atoms with Gasteiger partial charge in [0.15, 0.2) is 5.82 Å². The number of nitrogens with zero attached hydrogens (tertiary/aromatic N) is 3. The van der Waals surface area contributed by atoms with Crippen molar-refractivity contribution in [3.8, 4) is 0 Å². The summed E-state index contributed by atoms with van der Waals surface area (Å²) in [6.45, 7) is 7.24. The van der Waals surface area contributed by atoms with E-state index in [0.29, 0.717) is 31.0 Å². The van der Waals surface area contributed by atoms with Gasteiger partial charge in [0.1, 0.15) is 12.0 Å². The molecule has 0 aliphatic rings. The number of anilines is 2. The highest BCUT2D eigenvalue weighted by Crippen LogP contribution is 2.27. The molecule has 0 fully saturated rings. The van der Waals surface area contributed by atoms with Gasteiger partial charge in [0.25, 0.3) is 0 Å². The number of aryl methyl sites for hydroxylation is 1. The maximum atomic E-state index is 11.0. The van der Waals surface area contributed by atoms with E-state index in [2.05, 4.69) is 44.5 Å². The Hall–Kier alpha value is -2.95. The molecule has 1 heterocycles. The molecular formula is C20H24N4O. The van der Waals surface area contributed by atoms with Crippen LogP contribution in [0.25, 0.3) is 0 Å². The molecule has 1 aromatic carbocycles. The van der Waals surface area contributed by atoms with Gasteiger partial charge in [0.05, 0.1) is 5.69 Å². The Kier molecular flexibility index (Phi) is 6.89. The molecular weight excluding hydrogens is 312 g/mol. The molecule has 0 atom stereocenters. The zero-order chi connectivity index (χ0) is 18.1. The van der Waals surface area contributed by atoms with Gasteiger partial charge in [-0.05, 0) is 31.9 Å². The summed E-state index contributed by atoms with van der Waals surface area (Å²) in [4.78, 5) is 21.8. The van der Waals surface area contributed by atoms with Crippen LogP contribution < -0.4 is 10.2 Å². The molecule has 1 aromatic heterocycles. The Morgan fingerprint density at radius 2 is 1.96 bits per heavy atom. The van der Waals surface area contributed by atoms with Crippen molar-refractivity contribution in [2.75, 3.05) is 16.8 Å². The fourth-order valence-electron chi connectivity index (χ4n) is 2.61. The van der Waals surface area contributed by atoms with Crippen LogP contribution in [0.2, 0.25) is 0 Å². The average molecular weight is 336 g/mol. The Morgan fingerprint density at radius 1 is 1.20 bits per heavy atom. The normalized spacial score (nSPS) is 11.6. The summed E-state index contributed by atoms with van der Waals surface area (Å²) in [5, 5.41) is 2.75. The molecule has 0 aliphatic heterocycles. The van der Waals surface area contributed by atoms with E-state index in [1.807, 2.05) is 45.0 Å². The van der Waals surface area contributed by atoms with Crippen molar-refractivity contribution >= 4 is 17.9 Å². The van der Waals surface area contributed by atoms with Crippen molar-refractivity contribution in [1.29, 1.82) is 0 Å². The smallest absolute Gasteiger partial charge is 0.211 e. The third kappa shape index (κ3) is 5.01. The molecule has 0 saturated heterocycles. The predicted molar refractivity (Wildman–Crippen MR) is 103 cm³/mol. The molecule has 0 radical (unpaired) electrons. The molecule has 5 nitrogen and oxygen atoms in total. The SMILES string of the molecule is C/C=C\C(=C/C)CN(Cc1ccccc1)c1ncnc(C)c1NC=O. The van der Waals surface area contributed by atoms with E-state index >= 15 is 0 Å². The van der Waals surface area contributed by atoms with Crippen LogP contribution >= 0.6 is 0 Å². The van der Waals surface area contributed by atoms with E-state index in [9.17, 15) is 4.79 Å². The zero-order valence-corrected chi connectivity index (χ0v) is 14.9. The molecule has 0 aliphatic carbocycles. The number of hydrogen-bond acceptors (Lipinski definition) is 4. The lowest BCUT2D eigenvalue weighted by atomic mass is 10.1. The van der Waals surface area contributed by atoms with E-state index < -0.39 is 0 Å². The van der Waals surface area contributed by atoms with Gasteiger partial charge >= 0.3 is 0 Å². The molecule has 0 spiro atoms. The molecule has 25 heavy (non-hydrogen) atoms. The Morgan fingerprint density at radius 3 is 2.60 bits per heavy atom. The van der Waals surface area contributed by atoms with E-state index in [1.165, 1.54) is 17.5 Å². The van der Waals surface area contributed by atoms with Crippen LogP contribution in [0.15, 0.2) is 60.5 Å². The molecule has 1 amide bonds. The van der Waals surface area contributed by atoms with Crippen LogP contribution in [0.1, 0.15) is 25.1 Å². The summed E-state index contributed by atoms with van der Waals surface area (Å²) in [5.41, 5.74) is 3.73. The number of hydrogen-bond donors (Lipinski definition) is 1. The summed E-state index contributed by atoms with van der Waals surface area (Å²) in [5.74, 6) is 0.715. The molecule has 130 valence electrons. The van der Waals surface area contributed by atoms with Gasteiger partial charge < -0.3 is 10.2 Å². The largest absolute Gasteiger partial charge is 0.346 e. The summed E-state index contributed by atoms with van der Waals surface area (Å²) in [6.07, 6.45) is 8.38. The first-order valence-electron chi connectivity index (χ1n) is 8.28. The summed E-state index contributed by atoms with van der Waals surface area (Å²) < 4.78 is 0. The van der Waals surface area contributed by atoms with Crippen LogP contribution in [-0.2, 0) is 11.3 Å². The lowest BCUT2D eigenvalue weighted by Crippen LogP contribution is -2.27. The number of rotatable bonds is 8. The maximum absolute atomic E-state index is 11.0. The number of aromatic nitrogens is 2. The van der Waals surface area contributed by atoms with Crippen LogP contribution in [-0.4, -0.2) is 22.9 Å². The van der Waals surface area contributed by atoms with Gasteiger partial charge in [-0.2, -0.15) is 0 Å². The molecule has 0 unspecified atom stereocenters. The fraction of sp³-hybridized carbons (Fsp3) is 0.250. The summed E-state index contributed by atoms with van der Waals surface area (Å²) >= 11 is 0. The van der Waals surface area contributed by atoms with Crippen molar-refractivity contribution in [1.82, 2.24) is 9.97 Å². The standard InChI is InChI=1S/C20H24N4O/c1-4-9-17(5-2)12-24(13-18-10-7-6-8-11-18)20-19(23-15-25)16(3)21-14-22-20/h4-11,14-15H,12-13H2,1-3H3,(H,23,25)/b9-4-,17-5+. The number of carbonyl (C=O) groups is 1. The minimum atomic E-state index is 0.643. The van der Waals surface area contributed by atoms with E-state index in [1.54, 1.807) is 0 Å². The lowest BCUT2D eigenvalue weighted by Gasteiger charge is -2.26. The van der Waals surface area contributed by atoms with E-state index in [-0.39, 0.29) is 0 Å². The first-order valence-corrected chi connectivity index (χ1v) is 8.28. The second-order valence-corrected chi connectivity index (χ2v) is 5.63. The average Bonchev–Trinajstić information content (AvgIpc) is 2.63. The number of benzene rings is 1. The monoisotopic (exact) mass is 336 g/mol. The molecule has 5 heteroatoms. The molecule has 2 rings (SSSR count). The molecule has 0 saturated carbocycles. The minimum absolute atomic E-state index is 0.643. The third-order valence-corrected chi connectivity index (χ3v) is 3.86. The maximum Gasteiger partial charge on any atom is 0.211 e. The lowest BCUT2D eigenvalue weighted by molar-refractivity contribution is -0.105. The van der Waals surface area contributed by atoms with Gasteiger partial charge in [-0.3, -0.25) is 4.79 Å². The van der Waals surface area contributed by atoms with Crippen molar-refractivity contribution in [2.45, 2.75) is 27.3 Å². The van der Waals surface area contributed by atoms with Gasteiger partial charge in [0, 0.05) is 13.1 Å². The Balaban J connectivity index is 2.43. The van der Waals surface area contributed by atoms with Crippen molar-refractivity contribution in [3.05, 3.63) is 71.7 Å². The van der Waals surface area contributed by atoms with Crippen LogP contribution in [0.4, 0.5) is 11.5 Å². The topological polar surface area (TPSA) is 58.1 Å². The number of allylic oxidation sites excluding steroid dienone is 2. The first-order chi connectivity index (χ1) is 12.2. The van der Waals surface area contributed by atoms with Crippen molar-refractivity contribution < 1.29 is 4.79 Å². The number of carbonyl (C=O) groups excluding carboxylic acids is 1. The quantitative estimate of drug-likeness (QED) is 0.587. The Labute approximate surface area is 149 Å². The van der Waals surface area contributed by atoms with Crippen molar-refractivity contribution in [2.24, 2.45) is 0 Å². The highest BCUT2D eigenvalue weighted by atomic mass is 16.1. The zero-order valence-electron chi connectivity index (χ0n) is 14.9. The van der Waals surface area contributed by atoms with Gasteiger partial charge in [-0.25, -0.2) is 9.97 Å². The summed E-state index contributed by atoms with van der Waals surface area (Å²) in [6, 6.07) is 10.2. The molecule has 0 bridgehead atoms. The highest BCUT2D eigenvalue weighted by Gasteiger charge is 2.16. The number of amides is 1. The van der Waals surface area contributed by atoms with Crippen LogP contribution in [0.3, 0.4) is 0 Å². The first kappa shape index (κ1) is 18.4. The van der Waals surface area contributed by atoms with Gasteiger partial charge in [-0.15, -0.1) is 0 Å². The highest BCUT2D eigenvalue weighted by molar-refractivity contribution is 5.80.